The van der Waals surface area contributed by atoms with Crippen LogP contribution in [0.4, 0.5) is 0 Å². The Balaban J connectivity index is 2.11. The predicted octanol–water partition coefficient (Wildman–Crippen LogP) is 5.41. The lowest BCUT2D eigenvalue weighted by Crippen LogP contribution is -2.32. The van der Waals surface area contributed by atoms with Crippen molar-refractivity contribution >= 4 is 0 Å². The molecule has 0 spiro atoms. The van der Waals surface area contributed by atoms with Crippen LogP contribution in [0.1, 0.15) is 49.8 Å². The lowest BCUT2D eigenvalue weighted by Gasteiger charge is -2.26. The summed E-state index contributed by atoms with van der Waals surface area (Å²) in [6.45, 7) is 1.29. The minimum absolute atomic E-state index is 0.252. The van der Waals surface area contributed by atoms with Gasteiger partial charge >= 0.3 is 0 Å². The van der Waals surface area contributed by atoms with E-state index in [4.69, 9.17) is 8.22 Å². The average molecular weight is 335 g/mol. The molecule has 1 atom stereocenters. The number of fused-ring (bicyclic) bond motifs is 3. The van der Waals surface area contributed by atoms with Gasteiger partial charge in [0.05, 0.1) is 5.56 Å². The van der Waals surface area contributed by atoms with E-state index in [0.717, 1.165) is 44.6 Å². The second-order valence-electron chi connectivity index (χ2n) is 7.22. The summed E-state index contributed by atoms with van der Waals surface area (Å²) in [7, 11) is 1.81. The highest BCUT2D eigenvalue weighted by Crippen LogP contribution is 2.53. The van der Waals surface area contributed by atoms with Crippen LogP contribution in [0.2, 0.25) is 0 Å². The summed E-state index contributed by atoms with van der Waals surface area (Å²) >= 11 is 0. The van der Waals surface area contributed by atoms with Crippen LogP contribution >= 0.6 is 0 Å². The number of aryl methyl sites for hydroxylation is 4. The molecule has 3 aromatic rings. The van der Waals surface area contributed by atoms with Crippen LogP contribution in [-0.4, -0.2) is 0 Å². The van der Waals surface area contributed by atoms with E-state index in [-0.39, 0.29) is 5.56 Å². The highest BCUT2D eigenvalue weighted by atomic mass is 14.9. The van der Waals surface area contributed by atoms with Gasteiger partial charge in [0.25, 0.3) is 0 Å². The van der Waals surface area contributed by atoms with E-state index in [0.29, 0.717) is 0 Å². The van der Waals surface area contributed by atoms with Crippen molar-refractivity contribution in [1.82, 2.24) is 0 Å². The van der Waals surface area contributed by atoms with Gasteiger partial charge in [-0.05, 0) is 60.1 Å². The number of aromatic nitrogens is 1. The highest BCUT2D eigenvalue weighted by Gasteiger charge is 2.40. The first kappa shape index (κ1) is 10.6. The van der Waals surface area contributed by atoms with E-state index in [1.165, 1.54) is 0 Å². The molecule has 1 unspecified atom stereocenters. The van der Waals surface area contributed by atoms with Crippen molar-refractivity contribution in [1.29, 1.82) is 0 Å². The Bertz CT molecular complexity index is 1210. The molecule has 0 radical (unpaired) electrons. The van der Waals surface area contributed by atoms with Gasteiger partial charge < -0.3 is 0 Å². The number of benzene rings is 2. The molecule has 0 amide bonds. The van der Waals surface area contributed by atoms with Crippen molar-refractivity contribution in [3.05, 3.63) is 76.5 Å². The summed E-state index contributed by atoms with van der Waals surface area (Å²) in [5.74, 6) is 0. The summed E-state index contributed by atoms with van der Waals surface area (Å²) in [4.78, 5) is 0. The summed E-state index contributed by atoms with van der Waals surface area (Å²) < 4.78 is 50.5. The average Bonchev–Trinajstić information content (AvgIpc) is 2.92. The van der Waals surface area contributed by atoms with Crippen molar-refractivity contribution in [3.8, 4) is 22.4 Å². The molecule has 0 saturated carbocycles. The highest BCUT2D eigenvalue weighted by molar-refractivity contribution is 5.88. The fourth-order valence-electron chi connectivity index (χ4n) is 4.33. The maximum Gasteiger partial charge on any atom is 0.212 e. The van der Waals surface area contributed by atoms with Gasteiger partial charge in [-0.1, -0.05) is 44.1 Å². The Morgan fingerprint density at radius 1 is 0.920 bits per heavy atom. The molecule has 0 N–H and O–H groups in total. The van der Waals surface area contributed by atoms with E-state index in [1.807, 2.05) is 58.2 Å². The molecule has 1 nitrogen and oxygen atoms in total. The second-order valence-corrected chi connectivity index (χ2v) is 7.22. The monoisotopic (exact) mass is 334 g/mol. The van der Waals surface area contributed by atoms with Crippen molar-refractivity contribution in [2.45, 2.75) is 39.9 Å². The normalized spacial score (nSPS) is 22.7. The minimum atomic E-state index is -2.27. The Labute approximate surface area is 159 Å². The Morgan fingerprint density at radius 2 is 1.72 bits per heavy atom. The topological polar surface area (TPSA) is 3.88 Å². The fraction of sp³-hybridized carbons (Fsp3) is 0.292. The maximum absolute atomic E-state index is 8.54. The number of nitrogens with zero attached hydrogens (tertiary/aromatic N) is 1. The molecular formula is C24H26N+. The van der Waals surface area contributed by atoms with E-state index >= 15 is 0 Å². The van der Waals surface area contributed by atoms with Gasteiger partial charge in [-0.25, -0.2) is 4.57 Å². The van der Waals surface area contributed by atoms with Gasteiger partial charge in [0.15, 0.2) is 6.20 Å². The van der Waals surface area contributed by atoms with Gasteiger partial charge in [0.1, 0.15) is 7.05 Å². The molecule has 1 aliphatic carbocycles. The lowest BCUT2D eigenvalue weighted by atomic mass is 9.77. The molecule has 2 aromatic carbocycles. The second kappa shape index (κ2) is 5.29. The van der Waals surface area contributed by atoms with Gasteiger partial charge in [-0.3, -0.25) is 0 Å². The van der Waals surface area contributed by atoms with Crippen LogP contribution in [0.3, 0.4) is 0 Å². The molecule has 1 aliphatic rings. The summed E-state index contributed by atoms with van der Waals surface area (Å²) in [5.41, 5.74) is 6.15. The molecule has 1 heterocycles. The van der Waals surface area contributed by atoms with Crippen molar-refractivity contribution in [2.75, 3.05) is 0 Å². The molecule has 25 heavy (non-hydrogen) atoms. The van der Waals surface area contributed by atoms with Gasteiger partial charge in [-0.15, -0.1) is 0 Å². The standard InChI is InChI=1S/C24H26N/c1-15-10-13-20(25(6)14-15)21-16(2)11-12-19-18-9-7-8-17(3)22(18)24(4,5)23(19)21/h7-14H,1-6H3/q+1/i1D3,4D3. The maximum atomic E-state index is 8.54. The molecule has 4 rings (SSSR count). The first-order valence-electron chi connectivity index (χ1n) is 11.5. The first-order valence-corrected chi connectivity index (χ1v) is 8.53. The Kier molecular flexibility index (Phi) is 2.23. The lowest BCUT2D eigenvalue weighted by molar-refractivity contribution is -0.660. The van der Waals surface area contributed by atoms with Gasteiger partial charge in [0, 0.05) is 25.3 Å². The number of rotatable bonds is 1. The van der Waals surface area contributed by atoms with E-state index in [1.54, 1.807) is 22.9 Å². The molecule has 1 aromatic heterocycles. The minimum Gasteiger partial charge on any atom is -0.201 e. The van der Waals surface area contributed by atoms with Crippen molar-refractivity contribution in [3.63, 3.8) is 0 Å². The van der Waals surface area contributed by atoms with Crippen LogP contribution < -0.4 is 4.57 Å². The van der Waals surface area contributed by atoms with Gasteiger partial charge in [0.2, 0.25) is 5.69 Å². The zero-order valence-corrected chi connectivity index (χ0v) is 15.1. The molecule has 126 valence electrons. The third-order valence-corrected chi connectivity index (χ3v) is 5.37. The Hall–Kier alpha value is -2.41. The van der Waals surface area contributed by atoms with Gasteiger partial charge in [-0.2, -0.15) is 0 Å². The SMILES string of the molecule is [2H]C([2H])([2H])c1ccc(-c2c(C)ccc3c2C(C)(C([2H])([2H])[2H])c2c(C)cccc2-3)[n+](C)c1. The molecule has 0 fully saturated rings. The number of hydrogen-bond donors (Lipinski definition) is 0. The van der Waals surface area contributed by atoms with Crippen LogP contribution in [-0.2, 0) is 12.5 Å². The fourth-order valence-corrected chi connectivity index (χ4v) is 4.33. The van der Waals surface area contributed by atoms with E-state index < -0.39 is 19.1 Å². The predicted molar refractivity (Wildman–Crippen MR) is 105 cm³/mol. The Morgan fingerprint density at radius 3 is 2.44 bits per heavy atom. The number of hydrogen-bond acceptors (Lipinski definition) is 0. The third-order valence-electron chi connectivity index (χ3n) is 5.37. The van der Waals surface area contributed by atoms with Crippen LogP contribution in [0.25, 0.3) is 22.4 Å². The zero-order chi connectivity index (χ0) is 22.9. The summed E-state index contributed by atoms with van der Waals surface area (Å²) in [6, 6.07) is 13.4. The molecule has 1 heteroatoms. The van der Waals surface area contributed by atoms with Crippen molar-refractivity contribution < 1.29 is 12.8 Å². The zero-order valence-electron chi connectivity index (χ0n) is 21.1. The largest absolute Gasteiger partial charge is 0.212 e. The van der Waals surface area contributed by atoms with Crippen molar-refractivity contribution in [2.24, 2.45) is 7.05 Å². The third kappa shape index (κ3) is 2.18. The summed E-state index contributed by atoms with van der Waals surface area (Å²) in [6.07, 6.45) is 1.61. The quantitative estimate of drug-likeness (QED) is 0.524. The molecule has 0 bridgehead atoms. The summed E-state index contributed by atoms with van der Waals surface area (Å²) in [5, 5.41) is 0. The first-order chi connectivity index (χ1) is 14.3. The van der Waals surface area contributed by atoms with Crippen LogP contribution in [0.5, 0.6) is 0 Å². The number of pyridine rings is 1. The molecule has 0 aliphatic heterocycles. The molecular weight excluding hydrogens is 302 g/mol. The van der Waals surface area contributed by atoms with Crippen LogP contribution in [0.15, 0.2) is 48.7 Å². The van der Waals surface area contributed by atoms with Crippen LogP contribution in [0, 0.1) is 20.7 Å². The van der Waals surface area contributed by atoms with E-state index in [9.17, 15) is 0 Å². The molecule has 0 saturated heterocycles. The smallest absolute Gasteiger partial charge is 0.201 e. The van der Waals surface area contributed by atoms with E-state index in [2.05, 4.69) is 0 Å².